The van der Waals surface area contributed by atoms with Gasteiger partial charge in [0.1, 0.15) is 0 Å². The molecule has 3 rings (SSSR count). The SMILES string of the molecule is O=C(O)c1ccc(N2CCC[C@H](Nc3ncccn3)C2)cc1. The van der Waals surface area contributed by atoms with Crippen LogP contribution in [-0.2, 0) is 0 Å². The molecule has 0 spiro atoms. The van der Waals surface area contributed by atoms with Crippen LogP contribution in [-0.4, -0.2) is 40.2 Å². The van der Waals surface area contributed by atoms with E-state index in [1.807, 2.05) is 12.1 Å². The van der Waals surface area contributed by atoms with Crippen LogP contribution >= 0.6 is 0 Å². The van der Waals surface area contributed by atoms with Gasteiger partial charge in [0.05, 0.1) is 5.56 Å². The summed E-state index contributed by atoms with van der Waals surface area (Å²) in [5.74, 6) is -0.249. The summed E-state index contributed by atoms with van der Waals surface area (Å²) in [7, 11) is 0. The molecule has 1 fully saturated rings. The van der Waals surface area contributed by atoms with Crippen LogP contribution < -0.4 is 10.2 Å². The number of rotatable bonds is 4. The fraction of sp³-hybridized carbons (Fsp3) is 0.312. The summed E-state index contributed by atoms with van der Waals surface area (Å²) < 4.78 is 0. The highest BCUT2D eigenvalue weighted by Crippen LogP contribution is 2.21. The zero-order chi connectivity index (χ0) is 15.4. The summed E-state index contributed by atoms with van der Waals surface area (Å²) in [4.78, 5) is 21.6. The maximum absolute atomic E-state index is 10.9. The largest absolute Gasteiger partial charge is 0.478 e. The number of hydrogen-bond acceptors (Lipinski definition) is 5. The molecule has 1 aromatic carbocycles. The number of carbonyl (C=O) groups is 1. The van der Waals surface area contributed by atoms with Crippen molar-refractivity contribution in [3.63, 3.8) is 0 Å². The molecule has 1 aliphatic rings. The molecule has 22 heavy (non-hydrogen) atoms. The van der Waals surface area contributed by atoms with Crippen molar-refractivity contribution in [2.45, 2.75) is 18.9 Å². The number of benzene rings is 1. The predicted molar refractivity (Wildman–Crippen MR) is 84.3 cm³/mol. The maximum atomic E-state index is 10.9. The van der Waals surface area contributed by atoms with Crippen molar-refractivity contribution in [3.8, 4) is 0 Å². The number of carboxylic acids is 1. The first kappa shape index (κ1) is 14.3. The van der Waals surface area contributed by atoms with Crippen molar-refractivity contribution < 1.29 is 9.90 Å². The molecule has 2 N–H and O–H groups in total. The topological polar surface area (TPSA) is 78.4 Å². The lowest BCUT2D eigenvalue weighted by atomic mass is 10.0. The fourth-order valence-electron chi connectivity index (χ4n) is 2.70. The molecule has 2 heterocycles. The van der Waals surface area contributed by atoms with Gasteiger partial charge in [0.2, 0.25) is 5.95 Å². The average molecular weight is 298 g/mol. The van der Waals surface area contributed by atoms with Crippen LogP contribution in [0.15, 0.2) is 42.7 Å². The van der Waals surface area contributed by atoms with E-state index in [0.29, 0.717) is 11.5 Å². The Hall–Kier alpha value is -2.63. The van der Waals surface area contributed by atoms with Gasteiger partial charge >= 0.3 is 5.97 Å². The first-order valence-corrected chi connectivity index (χ1v) is 7.34. The molecule has 0 aliphatic carbocycles. The molecule has 1 aliphatic heterocycles. The molecular formula is C16H18N4O2. The molecule has 0 saturated carbocycles. The van der Waals surface area contributed by atoms with Crippen molar-refractivity contribution in [1.82, 2.24) is 9.97 Å². The van der Waals surface area contributed by atoms with Crippen LogP contribution in [0, 0.1) is 0 Å². The maximum Gasteiger partial charge on any atom is 0.335 e. The van der Waals surface area contributed by atoms with E-state index in [1.165, 1.54) is 0 Å². The molecule has 1 aromatic heterocycles. The third kappa shape index (κ3) is 3.33. The Labute approximate surface area is 128 Å². The minimum absolute atomic E-state index is 0.287. The van der Waals surface area contributed by atoms with Crippen LogP contribution in [0.25, 0.3) is 0 Å². The highest BCUT2D eigenvalue weighted by atomic mass is 16.4. The van der Waals surface area contributed by atoms with E-state index >= 15 is 0 Å². The van der Waals surface area contributed by atoms with Gasteiger partial charge in [0.15, 0.2) is 0 Å². The highest BCUT2D eigenvalue weighted by Gasteiger charge is 2.20. The van der Waals surface area contributed by atoms with E-state index in [-0.39, 0.29) is 6.04 Å². The lowest BCUT2D eigenvalue weighted by Gasteiger charge is -2.34. The summed E-state index contributed by atoms with van der Waals surface area (Å²) in [5, 5.41) is 12.3. The van der Waals surface area contributed by atoms with Gasteiger partial charge < -0.3 is 15.3 Å². The number of hydrogen-bond donors (Lipinski definition) is 2. The Kier molecular flexibility index (Phi) is 4.18. The summed E-state index contributed by atoms with van der Waals surface area (Å²) >= 11 is 0. The molecule has 0 radical (unpaired) electrons. The van der Waals surface area contributed by atoms with Crippen molar-refractivity contribution in [3.05, 3.63) is 48.3 Å². The minimum atomic E-state index is -0.897. The molecule has 0 unspecified atom stereocenters. The van der Waals surface area contributed by atoms with E-state index in [2.05, 4.69) is 20.2 Å². The molecule has 6 nitrogen and oxygen atoms in total. The molecule has 1 saturated heterocycles. The smallest absolute Gasteiger partial charge is 0.335 e. The third-order valence-electron chi connectivity index (χ3n) is 3.80. The first-order valence-electron chi connectivity index (χ1n) is 7.34. The Balaban J connectivity index is 1.66. The fourth-order valence-corrected chi connectivity index (χ4v) is 2.70. The number of piperidine rings is 1. The number of carboxylic acid groups (broad SMARTS) is 1. The Bertz CT molecular complexity index is 630. The van der Waals surface area contributed by atoms with Crippen molar-refractivity contribution in [2.75, 3.05) is 23.3 Å². The molecule has 6 heteroatoms. The summed E-state index contributed by atoms with van der Waals surface area (Å²) in [6, 6.07) is 9.11. The number of anilines is 2. The average Bonchev–Trinajstić information content (AvgIpc) is 2.56. The third-order valence-corrected chi connectivity index (χ3v) is 3.80. The van der Waals surface area contributed by atoms with Crippen molar-refractivity contribution in [2.24, 2.45) is 0 Å². The Morgan fingerprint density at radius 1 is 1.23 bits per heavy atom. The molecule has 2 aromatic rings. The summed E-state index contributed by atoms with van der Waals surface area (Å²) in [5.41, 5.74) is 1.36. The van der Waals surface area contributed by atoms with Gasteiger partial charge in [-0.1, -0.05) is 0 Å². The first-order chi connectivity index (χ1) is 10.7. The van der Waals surface area contributed by atoms with Crippen LogP contribution in [0.2, 0.25) is 0 Å². The molecule has 0 bridgehead atoms. The lowest BCUT2D eigenvalue weighted by Crippen LogP contribution is -2.42. The van der Waals surface area contributed by atoms with Gasteiger partial charge in [-0.3, -0.25) is 0 Å². The van der Waals surface area contributed by atoms with Gasteiger partial charge in [-0.25, -0.2) is 14.8 Å². The van der Waals surface area contributed by atoms with Gasteiger partial charge in [-0.2, -0.15) is 0 Å². The monoisotopic (exact) mass is 298 g/mol. The van der Waals surface area contributed by atoms with E-state index in [0.717, 1.165) is 31.6 Å². The van der Waals surface area contributed by atoms with Crippen LogP contribution in [0.5, 0.6) is 0 Å². The van der Waals surface area contributed by atoms with E-state index in [1.54, 1.807) is 30.6 Å². The number of aromatic carboxylic acids is 1. The zero-order valence-electron chi connectivity index (χ0n) is 12.1. The van der Waals surface area contributed by atoms with Crippen molar-refractivity contribution >= 4 is 17.6 Å². The van der Waals surface area contributed by atoms with Crippen LogP contribution in [0.3, 0.4) is 0 Å². The van der Waals surface area contributed by atoms with Gasteiger partial charge in [0.25, 0.3) is 0 Å². The van der Waals surface area contributed by atoms with Crippen molar-refractivity contribution in [1.29, 1.82) is 0 Å². The van der Waals surface area contributed by atoms with E-state index in [4.69, 9.17) is 5.11 Å². The summed E-state index contributed by atoms with van der Waals surface area (Å²) in [6.45, 7) is 1.82. The minimum Gasteiger partial charge on any atom is -0.478 e. The Morgan fingerprint density at radius 2 is 1.95 bits per heavy atom. The number of nitrogens with zero attached hydrogens (tertiary/aromatic N) is 3. The highest BCUT2D eigenvalue weighted by molar-refractivity contribution is 5.88. The normalized spacial score (nSPS) is 18.0. The van der Waals surface area contributed by atoms with Gasteiger partial charge in [-0.05, 0) is 43.2 Å². The standard InChI is InChI=1S/C16H18N4O2/c21-15(22)12-4-6-14(7-5-12)20-10-1-3-13(11-20)19-16-17-8-2-9-18-16/h2,4-9,13H,1,3,10-11H2,(H,21,22)(H,17,18,19)/t13-/m0/s1. The lowest BCUT2D eigenvalue weighted by molar-refractivity contribution is 0.0697. The van der Waals surface area contributed by atoms with E-state index < -0.39 is 5.97 Å². The van der Waals surface area contributed by atoms with Gasteiger partial charge in [-0.15, -0.1) is 0 Å². The summed E-state index contributed by atoms with van der Waals surface area (Å²) in [6.07, 6.45) is 5.59. The second-order valence-corrected chi connectivity index (χ2v) is 5.35. The predicted octanol–water partition coefficient (Wildman–Crippen LogP) is 2.26. The zero-order valence-corrected chi connectivity index (χ0v) is 12.1. The van der Waals surface area contributed by atoms with Crippen LogP contribution in [0.1, 0.15) is 23.2 Å². The van der Waals surface area contributed by atoms with E-state index in [9.17, 15) is 4.79 Å². The second-order valence-electron chi connectivity index (χ2n) is 5.35. The molecular weight excluding hydrogens is 280 g/mol. The molecule has 1 atom stereocenters. The van der Waals surface area contributed by atoms with Gasteiger partial charge in [0, 0.05) is 37.2 Å². The van der Waals surface area contributed by atoms with Crippen LogP contribution in [0.4, 0.5) is 11.6 Å². The second kappa shape index (κ2) is 6.43. The number of aromatic nitrogens is 2. The Morgan fingerprint density at radius 3 is 2.64 bits per heavy atom. The molecule has 114 valence electrons. The number of nitrogens with one attached hydrogen (secondary N) is 1. The molecule has 0 amide bonds. The quantitative estimate of drug-likeness (QED) is 0.901.